The van der Waals surface area contributed by atoms with Gasteiger partial charge in [0.15, 0.2) is 0 Å². The van der Waals surface area contributed by atoms with E-state index in [4.69, 9.17) is 0 Å². The first-order valence-corrected chi connectivity index (χ1v) is 7.52. The van der Waals surface area contributed by atoms with E-state index in [1.54, 1.807) is 0 Å². The van der Waals surface area contributed by atoms with E-state index in [0.717, 1.165) is 26.2 Å². The van der Waals surface area contributed by atoms with Crippen LogP contribution >= 0.6 is 0 Å². The number of aryl methyl sites for hydroxylation is 1. The first-order chi connectivity index (χ1) is 9.40. The van der Waals surface area contributed by atoms with E-state index in [-0.39, 0.29) is 5.54 Å². The van der Waals surface area contributed by atoms with Gasteiger partial charge >= 0.3 is 0 Å². The van der Waals surface area contributed by atoms with Crippen molar-refractivity contribution >= 4 is 0 Å². The van der Waals surface area contributed by atoms with E-state index in [1.165, 1.54) is 24.3 Å². The molecule has 1 fully saturated rings. The molecular formula is C15H29N5. The summed E-state index contributed by atoms with van der Waals surface area (Å²) in [4.78, 5) is 5.00. The molecule has 20 heavy (non-hydrogen) atoms. The second kappa shape index (κ2) is 6.24. The zero-order valence-electron chi connectivity index (χ0n) is 13.6. The molecule has 5 nitrogen and oxygen atoms in total. The Morgan fingerprint density at radius 2 is 1.85 bits per heavy atom. The molecule has 114 valence electrons. The minimum absolute atomic E-state index is 0.206. The third kappa shape index (κ3) is 3.59. The lowest BCUT2D eigenvalue weighted by Gasteiger charge is -2.43. The predicted octanol–water partition coefficient (Wildman–Crippen LogP) is 0.844. The molecule has 2 rings (SSSR count). The summed E-state index contributed by atoms with van der Waals surface area (Å²) in [6, 6.07) is 0. The number of nitrogens with one attached hydrogen (secondary N) is 1. The monoisotopic (exact) mass is 279 g/mol. The van der Waals surface area contributed by atoms with Crippen LogP contribution in [0.15, 0.2) is 6.20 Å². The molecular weight excluding hydrogens is 250 g/mol. The van der Waals surface area contributed by atoms with E-state index in [9.17, 15) is 0 Å². The molecule has 1 aliphatic heterocycles. The van der Waals surface area contributed by atoms with Crippen LogP contribution in [-0.2, 0) is 13.6 Å². The van der Waals surface area contributed by atoms with Crippen LogP contribution in [0.5, 0.6) is 0 Å². The summed E-state index contributed by atoms with van der Waals surface area (Å²) in [6.45, 7) is 13.4. The summed E-state index contributed by atoms with van der Waals surface area (Å²) in [7, 11) is 4.20. The lowest BCUT2D eigenvalue weighted by Crippen LogP contribution is -2.57. The highest BCUT2D eigenvalue weighted by Gasteiger charge is 2.28. The van der Waals surface area contributed by atoms with Crippen LogP contribution < -0.4 is 5.32 Å². The summed E-state index contributed by atoms with van der Waals surface area (Å²) in [5.74, 6) is 0. The predicted molar refractivity (Wildman–Crippen MR) is 82.8 cm³/mol. The molecule has 1 aromatic rings. The van der Waals surface area contributed by atoms with Crippen molar-refractivity contribution < 1.29 is 0 Å². The topological polar surface area (TPSA) is 36.3 Å². The summed E-state index contributed by atoms with van der Waals surface area (Å²) in [6.07, 6.45) is 1.96. The van der Waals surface area contributed by atoms with Crippen LogP contribution in [0.2, 0.25) is 0 Å². The van der Waals surface area contributed by atoms with Crippen molar-refractivity contribution in [3.8, 4) is 0 Å². The molecule has 1 N–H and O–H groups in total. The highest BCUT2D eigenvalue weighted by Crippen LogP contribution is 2.16. The van der Waals surface area contributed by atoms with Crippen molar-refractivity contribution in [2.24, 2.45) is 7.05 Å². The fourth-order valence-corrected chi connectivity index (χ4v) is 2.74. The summed E-state index contributed by atoms with van der Waals surface area (Å²) < 4.78 is 1.93. The van der Waals surface area contributed by atoms with Crippen molar-refractivity contribution in [1.29, 1.82) is 0 Å². The second-order valence-electron chi connectivity index (χ2n) is 6.59. The van der Waals surface area contributed by atoms with Gasteiger partial charge in [-0.3, -0.25) is 9.58 Å². The van der Waals surface area contributed by atoms with Gasteiger partial charge in [-0.15, -0.1) is 0 Å². The smallest absolute Gasteiger partial charge is 0.0537 e. The van der Waals surface area contributed by atoms with Crippen LogP contribution in [0.4, 0.5) is 0 Å². The van der Waals surface area contributed by atoms with E-state index in [2.05, 4.69) is 48.0 Å². The summed E-state index contributed by atoms with van der Waals surface area (Å²) in [5.41, 5.74) is 2.74. The van der Waals surface area contributed by atoms with Crippen molar-refractivity contribution in [2.45, 2.75) is 32.9 Å². The number of hydrogen-bond acceptors (Lipinski definition) is 4. The quantitative estimate of drug-likeness (QED) is 0.867. The Labute approximate surface area is 122 Å². The standard InChI is InChI=1S/C15H29N5/c1-13-14(11-17-19(13)5)10-16-12-15(2,3)20-8-6-18(4)7-9-20/h11,16H,6-10,12H2,1-5H3. The van der Waals surface area contributed by atoms with Gasteiger partial charge in [0.2, 0.25) is 0 Å². The van der Waals surface area contributed by atoms with Crippen molar-refractivity contribution in [2.75, 3.05) is 39.8 Å². The average molecular weight is 279 g/mol. The molecule has 0 amide bonds. The lowest BCUT2D eigenvalue weighted by atomic mass is 10.0. The van der Waals surface area contributed by atoms with Crippen LogP contribution in [0, 0.1) is 6.92 Å². The van der Waals surface area contributed by atoms with Gasteiger partial charge in [0.1, 0.15) is 0 Å². The highest BCUT2D eigenvalue weighted by atomic mass is 15.3. The largest absolute Gasteiger partial charge is 0.311 e. The first kappa shape index (κ1) is 15.5. The van der Waals surface area contributed by atoms with Crippen LogP contribution in [0.1, 0.15) is 25.1 Å². The summed E-state index contributed by atoms with van der Waals surface area (Å²) >= 11 is 0. The molecule has 1 aliphatic rings. The molecule has 0 radical (unpaired) electrons. The third-order valence-corrected chi connectivity index (χ3v) is 4.57. The maximum atomic E-state index is 4.29. The van der Waals surface area contributed by atoms with Crippen molar-refractivity contribution in [3.05, 3.63) is 17.5 Å². The van der Waals surface area contributed by atoms with Gasteiger partial charge in [-0.1, -0.05) is 0 Å². The molecule has 0 spiro atoms. The normalized spacial score (nSPS) is 18.6. The summed E-state index contributed by atoms with van der Waals surface area (Å²) in [5, 5.41) is 7.89. The third-order valence-electron chi connectivity index (χ3n) is 4.57. The van der Waals surface area contributed by atoms with Gasteiger partial charge in [0.25, 0.3) is 0 Å². The molecule has 0 saturated carbocycles. The number of aromatic nitrogens is 2. The highest BCUT2D eigenvalue weighted by molar-refractivity contribution is 5.15. The fraction of sp³-hybridized carbons (Fsp3) is 0.800. The number of rotatable bonds is 5. The minimum atomic E-state index is 0.206. The molecule has 5 heteroatoms. The zero-order chi connectivity index (χ0) is 14.8. The molecule has 0 aliphatic carbocycles. The Balaban J connectivity index is 1.81. The molecule has 1 aromatic heterocycles. The number of piperazine rings is 1. The molecule has 0 unspecified atom stereocenters. The second-order valence-corrected chi connectivity index (χ2v) is 6.59. The maximum absolute atomic E-state index is 4.29. The van der Waals surface area contributed by atoms with Gasteiger partial charge in [0.05, 0.1) is 6.20 Å². The van der Waals surface area contributed by atoms with E-state index in [0.29, 0.717) is 0 Å². The molecule has 0 atom stereocenters. The van der Waals surface area contributed by atoms with Gasteiger partial charge in [0, 0.05) is 63.1 Å². The Hall–Kier alpha value is -0.910. The zero-order valence-corrected chi connectivity index (χ0v) is 13.6. The average Bonchev–Trinajstić information content (AvgIpc) is 2.71. The fourth-order valence-electron chi connectivity index (χ4n) is 2.74. The lowest BCUT2D eigenvalue weighted by molar-refractivity contribution is 0.0618. The van der Waals surface area contributed by atoms with E-state index in [1.807, 2.05) is 17.9 Å². The van der Waals surface area contributed by atoms with Gasteiger partial charge in [-0.05, 0) is 27.8 Å². The molecule has 1 saturated heterocycles. The van der Waals surface area contributed by atoms with Gasteiger partial charge < -0.3 is 10.2 Å². The SMILES string of the molecule is Cc1c(CNCC(C)(C)N2CCN(C)CC2)cnn1C. The minimum Gasteiger partial charge on any atom is -0.311 e. The Morgan fingerprint density at radius 3 is 2.40 bits per heavy atom. The Kier molecular flexibility index (Phi) is 4.83. The van der Waals surface area contributed by atoms with Crippen LogP contribution in [0.25, 0.3) is 0 Å². The van der Waals surface area contributed by atoms with E-state index >= 15 is 0 Å². The van der Waals surface area contributed by atoms with Crippen molar-refractivity contribution in [1.82, 2.24) is 24.9 Å². The van der Waals surface area contributed by atoms with Gasteiger partial charge in [-0.25, -0.2) is 0 Å². The Bertz CT molecular complexity index is 429. The van der Waals surface area contributed by atoms with Crippen molar-refractivity contribution in [3.63, 3.8) is 0 Å². The Morgan fingerprint density at radius 1 is 1.20 bits per heavy atom. The number of hydrogen-bond donors (Lipinski definition) is 1. The molecule has 2 heterocycles. The van der Waals surface area contributed by atoms with Gasteiger partial charge in [-0.2, -0.15) is 5.10 Å². The van der Waals surface area contributed by atoms with E-state index < -0.39 is 0 Å². The number of nitrogens with zero attached hydrogens (tertiary/aromatic N) is 4. The molecule has 0 bridgehead atoms. The number of likely N-dealkylation sites (N-methyl/N-ethyl adjacent to an activating group) is 1. The van der Waals surface area contributed by atoms with Crippen LogP contribution in [-0.4, -0.2) is 64.9 Å². The van der Waals surface area contributed by atoms with Crippen LogP contribution in [0.3, 0.4) is 0 Å². The molecule has 0 aromatic carbocycles. The maximum Gasteiger partial charge on any atom is 0.0537 e. The first-order valence-electron chi connectivity index (χ1n) is 7.52.